The highest BCUT2D eigenvalue weighted by Gasteiger charge is 2.37. The molecule has 2 rings (SSSR count). The lowest BCUT2D eigenvalue weighted by atomic mass is 9.68. The van der Waals surface area contributed by atoms with Crippen molar-refractivity contribution in [3.8, 4) is 5.75 Å². The van der Waals surface area contributed by atoms with Crippen molar-refractivity contribution in [3.63, 3.8) is 0 Å². The summed E-state index contributed by atoms with van der Waals surface area (Å²) in [5, 5.41) is 3.57. The Morgan fingerprint density at radius 2 is 1.80 bits per heavy atom. The normalized spacial score (nSPS) is 19.6. The lowest BCUT2D eigenvalue weighted by molar-refractivity contribution is 0.148. The molecule has 0 aliphatic heterocycles. The van der Waals surface area contributed by atoms with Crippen molar-refractivity contribution in [3.05, 3.63) is 28.8 Å². The maximum atomic E-state index is 5.74. The molecule has 0 radical (unpaired) electrons. The average Bonchev–Trinajstić information content (AvgIpc) is 2.44. The average molecular weight is 275 g/mol. The number of rotatable bonds is 4. The zero-order valence-electron chi connectivity index (χ0n) is 13.7. The predicted molar refractivity (Wildman–Crippen MR) is 85.5 cm³/mol. The maximum Gasteiger partial charge on any atom is 0.126 e. The number of methoxy groups -OCH3 is 1. The van der Waals surface area contributed by atoms with Crippen LogP contribution in [0.15, 0.2) is 12.1 Å². The molecule has 0 bridgehead atoms. The summed E-state index contributed by atoms with van der Waals surface area (Å²) in [6, 6.07) is 4.85. The third-order valence-electron chi connectivity index (χ3n) is 5.20. The second-order valence-electron chi connectivity index (χ2n) is 6.57. The molecule has 1 aliphatic carbocycles. The summed E-state index contributed by atoms with van der Waals surface area (Å²) in [6.45, 7) is 6.74. The number of aryl methyl sites for hydroxylation is 1. The first kappa shape index (κ1) is 15.4. The van der Waals surface area contributed by atoms with Crippen LogP contribution in [-0.4, -0.2) is 14.2 Å². The Kier molecular flexibility index (Phi) is 4.74. The molecule has 2 nitrogen and oxygen atoms in total. The standard InChI is InChI=1S/C18H29NO/c1-13-9-10-15(16(20-5)14(13)2)17(19-4)18(3)11-7-6-8-12-18/h9-10,17,19H,6-8,11-12H2,1-5H3. The van der Waals surface area contributed by atoms with Crippen LogP contribution in [0.4, 0.5) is 0 Å². The Morgan fingerprint density at radius 3 is 2.35 bits per heavy atom. The first-order valence-corrected chi connectivity index (χ1v) is 7.85. The third-order valence-corrected chi connectivity index (χ3v) is 5.20. The van der Waals surface area contributed by atoms with E-state index in [9.17, 15) is 0 Å². The molecule has 20 heavy (non-hydrogen) atoms. The molecule has 1 aromatic carbocycles. The fourth-order valence-corrected chi connectivity index (χ4v) is 3.84. The summed E-state index contributed by atoms with van der Waals surface area (Å²) in [5.41, 5.74) is 4.23. The molecule has 0 saturated heterocycles. The zero-order chi connectivity index (χ0) is 14.8. The smallest absolute Gasteiger partial charge is 0.126 e. The Labute approximate surface area is 123 Å². The summed E-state index contributed by atoms with van der Waals surface area (Å²) in [6.07, 6.45) is 6.68. The van der Waals surface area contributed by atoms with Gasteiger partial charge in [-0.2, -0.15) is 0 Å². The van der Waals surface area contributed by atoms with E-state index < -0.39 is 0 Å². The first-order chi connectivity index (χ1) is 9.53. The van der Waals surface area contributed by atoms with Gasteiger partial charge in [-0.3, -0.25) is 0 Å². The minimum Gasteiger partial charge on any atom is -0.496 e. The van der Waals surface area contributed by atoms with E-state index in [1.54, 1.807) is 7.11 Å². The molecule has 1 saturated carbocycles. The lowest BCUT2D eigenvalue weighted by Gasteiger charge is -2.41. The van der Waals surface area contributed by atoms with E-state index in [-0.39, 0.29) is 0 Å². The van der Waals surface area contributed by atoms with Crippen LogP contribution in [0.1, 0.15) is 61.8 Å². The van der Waals surface area contributed by atoms with Gasteiger partial charge in [0, 0.05) is 11.6 Å². The van der Waals surface area contributed by atoms with Gasteiger partial charge in [0.25, 0.3) is 0 Å². The molecular formula is C18H29NO. The molecule has 112 valence electrons. The van der Waals surface area contributed by atoms with Gasteiger partial charge in [-0.1, -0.05) is 38.3 Å². The van der Waals surface area contributed by atoms with Gasteiger partial charge in [-0.25, -0.2) is 0 Å². The van der Waals surface area contributed by atoms with Gasteiger partial charge >= 0.3 is 0 Å². The zero-order valence-corrected chi connectivity index (χ0v) is 13.7. The molecule has 0 heterocycles. The molecule has 1 N–H and O–H groups in total. The largest absolute Gasteiger partial charge is 0.496 e. The lowest BCUT2D eigenvalue weighted by Crippen LogP contribution is -2.36. The quantitative estimate of drug-likeness (QED) is 0.871. The van der Waals surface area contributed by atoms with Crippen molar-refractivity contribution in [2.75, 3.05) is 14.2 Å². The number of hydrogen-bond acceptors (Lipinski definition) is 2. The second-order valence-corrected chi connectivity index (χ2v) is 6.57. The van der Waals surface area contributed by atoms with E-state index in [1.165, 1.54) is 48.8 Å². The Bertz CT molecular complexity index is 461. The molecule has 1 fully saturated rings. The third kappa shape index (κ3) is 2.71. The van der Waals surface area contributed by atoms with Crippen molar-refractivity contribution in [1.82, 2.24) is 5.32 Å². The van der Waals surface area contributed by atoms with Crippen LogP contribution in [-0.2, 0) is 0 Å². The van der Waals surface area contributed by atoms with Crippen LogP contribution in [0, 0.1) is 19.3 Å². The molecule has 1 unspecified atom stereocenters. The SMILES string of the molecule is CNC(c1ccc(C)c(C)c1OC)C1(C)CCCCC1. The first-order valence-electron chi connectivity index (χ1n) is 7.85. The molecule has 0 amide bonds. The van der Waals surface area contributed by atoms with Gasteiger partial charge in [-0.05, 0) is 50.3 Å². The summed E-state index contributed by atoms with van der Waals surface area (Å²) in [5.74, 6) is 1.07. The molecule has 2 heteroatoms. The number of hydrogen-bond donors (Lipinski definition) is 1. The van der Waals surface area contributed by atoms with Crippen LogP contribution >= 0.6 is 0 Å². The predicted octanol–water partition coefficient (Wildman–Crippen LogP) is 4.54. The second kappa shape index (κ2) is 6.17. The van der Waals surface area contributed by atoms with E-state index >= 15 is 0 Å². The summed E-state index contributed by atoms with van der Waals surface area (Å²) in [7, 11) is 3.88. The van der Waals surface area contributed by atoms with Crippen molar-refractivity contribution in [2.24, 2.45) is 5.41 Å². The summed E-state index contributed by atoms with van der Waals surface area (Å²) < 4.78 is 5.74. The minimum absolute atomic E-state index is 0.335. The van der Waals surface area contributed by atoms with Crippen LogP contribution < -0.4 is 10.1 Å². The van der Waals surface area contributed by atoms with Gasteiger partial charge < -0.3 is 10.1 Å². The van der Waals surface area contributed by atoms with Gasteiger partial charge in [-0.15, -0.1) is 0 Å². The van der Waals surface area contributed by atoms with Crippen LogP contribution in [0.2, 0.25) is 0 Å². The van der Waals surface area contributed by atoms with Crippen molar-refractivity contribution in [1.29, 1.82) is 0 Å². The fourth-order valence-electron chi connectivity index (χ4n) is 3.84. The number of ether oxygens (including phenoxy) is 1. The highest BCUT2D eigenvalue weighted by molar-refractivity contribution is 5.47. The van der Waals surface area contributed by atoms with Gasteiger partial charge in [0.1, 0.15) is 5.75 Å². The van der Waals surface area contributed by atoms with Crippen molar-refractivity contribution < 1.29 is 4.74 Å². The topological polar surface area (TPSA) is 21.3 Å². The molecule has 1 aromatic rings. The monoisotopic (exact) mass is 275 g/mol. The van der Waals surface area contributed by atoms with Crippen molar-refractivity contribution in [2.45, 2.75) is 58.9 Å². The van der Waals surface area contributed by atoms with E-state index in [0.29, 0.717) is 11.5 Å². The number of benzene rings is 1. The van der Waals surface area contributed by atoms with Gasteiger partial charge in [0.05, 0.1) is 7.11 Å². The Hall–Kier alpha value is -1.02. The van der Waals surface area contributed by atoms with Crippen LogP contribution in [0.3, 0.4) is 0 Å². The Balaban J connectivity index is 2.44. The highest BCUT2D eigenvalue weighted by atomic mass is 16.5. The summed E-state index contributed by atoms with van der Waals surface area (Å²) in [4.78, 5) is 0. The van der Waals surface area contributed by atoms with E-state index in [4.69, 9.17) is 4.74 Å². The van der Waals surface area contributed by atoms with Gasteiger partial charge in [0.2, 0.25) is 0 Å². The minimum atomic E-state index is 0.335. The fraction of sp³-hybridized carbons (Fsp3) is 0.667. The molecule has 1 aliphatic rings. The summed E-state index contributed by atoms with van der Waals surface area (Å²) >= 11 is 0. The molecular weight excluding hydrogens is 246 g/mol. The van der Waals surface area contributed by atoms with Gasteiger partial charge in [0.15, 0.2) is 0 Å². The van der Waals surface area contributed by atoms with Crippen LogP contribution in [0.5, 0.6) is 5.75 Å². The van der Waals surface area contributed by atoms with E-state index in [0.717, 1.165) is 5.75 Å². The highest BCUT2D eigenvalue weighted by Crippen LogP contribution is 2.48. The van der Waals surface area contributed by atoms with Crippen LogP contribution in [0.25, 0.3) is 0 Å². The Morgan fingerprint density at radius 1 is 1.15 bits per heavy atom. The molecule has 0 spiro atoms. The van der Waals surface area contributed by atoms with E-state index in [1.807, 2.05) is 0 Å². The number of nitrogens with one attached hydrogen (secondary N) is 1. The van der Waals surface area contributed by atoms with Crippen molar-refractivity contribution >= 4 is 0 Å². The van der Waals surface area contributed by atoms with E-state index in [2.05, 4.69) is 45.3 Å². The maximum absolute atomic E-state index is 5.74. The molecule has 1 atom stereocenters. The molecule has 0 aromatic heterocycles.